The summed E-state index contributed by atoms with van der Waals surface area (Å²) in [5, 5.41) is 22.4. The first kappa shape index (κ1) is 17.9. The number of hydrogen-bond donors (Lipinski definition) is 3. The SMILES string of the molecule is Cc1ccc(-c2nnco2)cc1NC(=O)NCCCC(C)(C)CO. The molecule has 0 aliphatic rings. The summed E-state index contributed by atoms with van der Waals surface area (Å²) < 4.78 is 5.17. The van der Waals surface area contributed by atoms with E-state index in [4.69, 9.17) is 4.42 Å². The third kappa shape index (κ3) is 5.06. The predicted octanol–water partition coefficient (Wildman–Crippen LogP) is 2.97. The normalized spacial score (nSPS) is 11.3. The fraction of sp³-hybridized carbons (Fsp3) is 0.471. The zero-order valence-corrected chi connectivity index (χ0v) is 14.3. The topological polar surface area (TPSA) is 100 Å². The highest BCUT2D eigenvalue weighted by atomic mass is 16.4. The second kappa shape index (κ2) is 7.92. The van der Waals surface area contributed by atoms with Gasteiger partial charge in [-0.15, -0.1) is 10.2 Å². The Kier molecular flexibility index (Phi) is 5.92. The molecule has 2 aromatic rings. The van der Waals surface area contributed by atoms with E-state index in [0.717, 1.165) is 24.0 Å². The van der Waals surface area contributed by atoms with E-state index in [1.165, 1.54) is 6.39 Å². The van der Waals surface area contributed by atoms with E-state index in [1.807, 2.05) is 32.9 Å². The van der Waals surface area contributed by atoms with Crippen LogP contribution in [0.1, 0.15) is 32.3 Å². The van der Waals surface area contributed by atoms with Gasteiger partial charge in [0.2, 0.25) is 12.3 Å². The number of carbonyl (C=O) groups excluding carboxylic acids is 1. The lowest BCUT2D eigenvalue weighted by molar-refractivity contribution is 0.148. The number of hydrogen-bond acceptors (Lipinski definition) is 5. The Hall–Kier alpha value is -2.41. The predicted molar refractivity (Wildman–Crippen MR) is 91.6 cm³/mol. The molecule has 0 unspecified atom stereocenters. The van der Waals surface area contributed by atoms with Crippen molar-refractivity contribution < 1.29 is 14.3 Å². The lowest BCUT2D eigenvalue weighted by Crippen LogP contribution is -2.30. The van der Waals surface area contributed by atoms with E-state index < -0.39 is 0 Å². The molecular formula is C17H24N4O3. The van der Waals surface area contributed by atoms with Crippen molar-refractivity contribution in [3.05, 3.63) is 30.2 Å². The lowest BCUT2D eigenvalue weighted by atomic mass is 9.89. The molecule has 0 saturated carbocycles. The average Bonchev–Trinajstić information content (AvgIpc) is 3.08. The summed E-state index contributed by atoms with van der Waals surface area (Å²) in [5.74, 6) is 0.407. The number of rotatable bonds is 7. The van der Waals surface area contributed by atoms with E-state index in [9.17, 15) is 9.90 Å². The highest BCUT2D eigenvalue weighted by Crippen LogP contribution is 2.24. The zero-order valence-electron chi connectivity index (χ0n) is 14.3. The number of nitrogens with zero attached hydrogens (tertiary/aromatic N) is 2. The molecule has 0 aliphatic carbocycles. The molecule has 0 saturated heterocycles. The third-order valence-corrected chi connectivity index (χ3v) is 3.84. The molecule has 1 aromatic heterocycles. The molecule has 1 aromatic carbocycles. The van der Waals surface area contributed by atoms with Crippen molar-refractivity contribution in [2.75, 3.05) is 18.5 Å². The molecule has 0 bridgehead atoms. The van der Waals surface area contributed by atoms with Gasteiger partial charge in [0.1, 0.15) is 0 Å². The van der Waals surface area contributed by atoms with Crippen LogP contribution >= 0.6 is 0 Å². The molecule has 2 amide bonds. The van der Waals surface area contributed by atoms with Crippen LogP contribution in [0, 0.1) is 12.3 Å². The van der Waals surface area contributed by atoms with Gasteiger partial charge in [0.25, 0.3) is 0 Å². The number of aromatic nitrogens is 2. The minimum Gasteiger partial charge on any atom is -0.423 e. The quantitative estimate of drug-likeness (QED) is 0.677. The summed E-state index contributed by atoms with van der Waals surface area (Å²) in [5.41, 5.74) is 2.26. The number of nitrogens with one attached hydrogen (secondary N) is 2. The molecule has 7 nitrogen and oxygen atoms in total. The van der Waals surface area contributed by atoms with Crippen molar-refractivity contribution >= 4 is 11.7 Å². The number of anilines is 1. The summed E-state index contributed by atoms with van der Waals surface area (Å²) in [6.45, 7) is 6.61. The molecule has 0 fully saturated rings. The fourth-order valence-corrected chi connectivity index (χ4v) is 2.20. The molecule has 0 aliphatic heterocycles. The van der Waals surface area contributed by atoms with E-state index in [0.29, 0.717) is 18.1 Å². The second-order valence-corrected chi connectivity index (χ2v) is 6.58. The number of benzene rings is 1. The van der Waals surface area contributed by atoms with Crippen molar-refractivity contribution in [1.29, 1.82) is 0 Å². The maximum absolute atomic E-state index is 12.0. The Labute approximate surface area is 141 Å². The minimum absolute atomic E-state index is 0.118. The minimum atomic E-state index is -0.261. The number of aliphatic hydroxyl groups is 1. The van der Waals surface area contributed by atoms with Crippen LogP contribution in [-0.2, 0) is 0 Å². The van der Waals surface area contributed by atoms with Crippen LogP contribution in [-0.4, -0.2) is 34.5 Å². The maximum atomic E-state index is 12.0. The van der Waals surface area contributed by atoms with Gasteiger partial charge in [-0.3, -0.25) is 0 Å². The van der Waals surface area contributed by atoms with Crippen LogP contribution in [0.25, 0.3) is 11.5 Å². The molecule has 7 heteroatoms. The van der Waals surface area contributed by atoms with Crippen molar-refractivity contribution in [3.8, 4) is 11.5 Å². The molecular weight excluding hydrogens is 308 g/mol. The van der Waals surface area contributed by atoms with E-state index in [-0.39, 0.29) is 18.1 Å². The van der Waals surface area contributed by atoms with Crippen LogP contribution in [0.5, 0.6) is 0 Å². The molecule has 0 atom stereocenters. The van der Waals surface area contributed by atoms with Gasteiger partial charge in [-0.05, 0) is 42.9 Å². The van der Waals surface area contributed by atoms with Crippen LogP contribution in [0.4, 0.5) is 10.5 Å². The first-order valence-electron chi connectivity index (χ1n) is 7.94. The number of amides is 2. The Morgan fingerprint density at radius 2 is 2.17 bits per heavy atom. The van der Waals surface area contributed by atoms with Crippen molar-refractivity contribution in [1.82, 2.24) is 15.5 Å². The van der Waals surface area contributed by atoms with E-state index in [1.54, 1.807) is 6.07 Å². The first-order chi connectivity index (χ1) is 11.4. The molecule has 3 N–H and O–H groups in total. The van der Waals surface area contributed by atoms with Gasteiger partial charge < -0.3 is 20.2 Å². The van der Waals surface area contributed by atoms with Gasteiger partial charge in [0, 0.05) is 24.4 Å². The Morgan fingerprint density at radius 3 is 2.83 bits per heavy atom. The first-order valence-corrected chi connectivity index (χ1v) is 7.94. The molecule has 24 heavy (non-hydrogen) atoms. The smallest absolute Gasteiger partial charge is 0.319 e. The third-order valence-electron chi connectivity index (χ3n) is 3.84. The molecule has 130 valence electrons. The summed E-state index contributed by atoms with van der Waals surface area (Å²) in [7, 11) is 0. The van der Waals surface area contributed by atoms with Gasteiger partial charge in [-0.25, -0.2) is 4.79 Å². The van der Waals surface area contributed by atoms with Crippen molar-refractivity contribution in [2.24, 2.45) is 5.41 Å². The maximum Gasteiger partial charge on any atom is 0.319 e. The van der Waals surface area contributed by atoms with Crippen LogP contribution < -0.4 is 10.6 Å². The van der Waals surface area contributed by atoms with E-state index >= 15 is 0 Å². The Balaban J connectivity index is 1.88. The van der Waals surface area contributed by atoms with Gasteiger partial charge in [0.05, 0.1) is 0 Å². The van der Waals surface area contributed by atoms with Crippen LogP contribution in [0.3, 0.4) is 0 Å². The summed E-state index contributed by atoms with van der Waals surface area (Å²) in [4.78, 5) is 12.0. The van der Waals surface area contributed by atoms with Gasteiger partial charge in [0.15, 0.2) is 0 Å². The van der Waals surface area contributed by atoms with Crippen LogP contribution in [0.15, 0.2) is 29.0 Å². The standard InChI is InChI=1S/C17H24N4O3/c1-12-5-6-13(15-21-19-11-24-15)9-14(12)20-16(23)18-8-4-7-17(2,3)10-22/h5-6,9,11,22H,4,7-8,10H2,1-3H3,(H2,18,20,23). The highest BCUT2D eigenvalue weighted by molar-refractivity contribution is 5.90. The molecule has 2 rings (SSSR count). The number of aryl methyl sites for hydroxylation is 1. The van der Waals surface area contributed by atoms with Crippen molar-refractivity contribution in [3.63, 3.8) is 0 Å². The number of aliphatic hydroxyl groups excluding tert-OH is 1. The fourth-order valence-electron chi connectivity index (χ4n) is 2.20. The molecule has 1 heterocycles. The second-order valence-electron chi connectivity index (χ2n) is 6.58. The summed E-state index contributed by atoms with van der Waals surface area (Å²) in [6.07, 6.45) is 2.92. The largest absolute Gasteiger partial charge is 0.423 e. The highest BCUT2D eigenvalue weighted by Gasteiger charge is 2.15. The lowest BCUT2D eigenvalue weighted by Gasteiger charge is -2.21. The Morgan fingerprint density at radius 1 is 1.38 bits per heavy atom. The number of urea groups is 1. The monoisotopic (exact) mass is 332 g/mol. The summed E-state index contributed by atoms with van der Waals surface area (Å²) >= 11 is 0. The van der Waals surface area contributed by atoms with Gasteiger partial charge in [-0.1, -0.05) is 19.9 Å². The number of carbonyl (C=O) groups is 1. The van der Waals surface area contributed by atoms with Crippen LogP contribution in [0.2, 0.25) is 0 Å². The van der Waals surface area contributed by atoms with E-state index in [2.05, 4.69) is 20.8 Å². The molecule has 0 spiro atoms. The summed E-state index contributed by atoms with van der Waals surface area (Å²) in [6, 6.07) is 5.29. The molecule has 0 radical (unpaired) electrons. The van der Waals surface area contributed by atoms with Gasteiger partial charge >= 0.3 is 6.03 Å². The average molecular weight is 332 g/mol. The Bertz CT molecular complexity index is 668. The zero-order chi connectivity index (χ0) is 17.6. The van der Waals surface area contributed by atoms with Crippen molar-refractivity contribution in [2.45, 2.75) is 33.6 Å². The van der Waals surface area contributed by atoms with Gasteiger partial charge in [-0.2, -0.15) is 0 Å².